The molecule has 0 aliphatic heterocycles. The van der Waals surface area contributed by atoms with Gasteiger partial charge in [-0.05, 0) is 30.7 Å². The molecule has 1 aromatic heterocycles. The van der Waals surface area contributed by atoms with Gasteiger partial charge in [-0.25, -0.2) is 18.4 Å². The molecule has 8 nitrogen and oxygen atoms in total. The number of carbonyl (C=O) groups excluding carboxylic acids is 1. The maximum Gasteiger partial charge on any atom is 0.263 e. The third-order valence-corrected chi connectivity index (χ3v) is 8.90. The molecule has 1 heterocycles. The van der Waals surface area contributed by atoms with Gasteiger partial charge in [0.1, 0.15) is 0 Å². The van der Waals surface area contributed by atoms with Crippen LogP contribution in [0.25, 0.3) is 0 Å². The third kappa shape index (κ3) is 15.5. The third-order valence-electron chi connectivity index (χ3n) is 7.54. The van der Waals surface area contributed by atoms with Gasteiger partial charge in [-0.1, -0.05) is 122 Å². The van der Waals surface area contributed by atoms with Crippen LogP contribution in [-0.4, -0.2) is 31.4 Å². The Bertz CT molecular complexity index is 1090. The number of ether oxygens (including phenoxy) is 1. The molecule has 0 fully saturated rings. The molecule has 0 saturated heterocycles. The molecular weight excluding hydrogens is 548 g/mol. The van der Waals surface area contributed by atoms with Crippen LogP contribution in [0.5, 0.6) is 5.88 Å². The summed E-state index contributed by atoms with van der Waals surface area (Å²) in [6.07, 6.45) is 28.4. The summed E-state index contributed by atoms with van der Waals surface area (Å²) >= 11 is 0. The van der Waals surface area contributed by atoms with Gasteiger partial charge in [-0.15, -0.1) is 0 Å². The molecule has 0 spiro atoms. The smallest absolute Gasteiger partial charge is 0.263 e. The Hall–Kier alpha value is -2.68. The fourth-order valence-corrected chi connectivity index (χ4v) is 6.04. The van der Waals surface area contributed by atoms with Crippen molar-refractivity contribution in [3.05, 3.63) is 36.7 Å². The zero-order valence-corrected chi connectivity index (χ0v) is 26.9. The van der Waals surface area contributed by atoms with Crippen molar-refractivity contribution in [2.24, 2.45) is 0 Å². The van der Waals surface area contributed by atoms with Crippen molar-refractivity contribution >= 4 is 27.4 Å². The second-order valence-corrected chi connectivity index (χ2v) is 12.9. The number of benzene rings is 1. The Morgan fingerprint density at radius 2 is 1.14 bits per heavy atom. The molecule has 42 heavy (non-hydrogen) atoms. The quantitative estimate of drug-likeness (QED) is 0.110. The number of carbonyl (C=O) groups is 1. The highest BCUT2D eigenvalue weighted by atomic mass is 32.2. The van der Waals surface area contributed by atoms with Gasteiger partial charge in [0.15, 0.2) is 0 Å². The van der Waals surface area contributed by atoms with Crippen LogP contribution in [0, 0.1) is 0 Å². The van der Waals surface area contributed by atoms with E-state index in [0.717, 1.165) is 12.8 Å². The Morgan fingerprint density at radius 1 is 0.690 bits per heavy atom. The first kappa shape index (κ1) is 35.5. The van der Waals surface area contributed by atoms with Gasteiger partial charge in [0, 0.05) is 24.5 Å². The van der Waals surface area contributed by atoms with Gasteiger partial charge >= 0.3 is 0 Å². The molecule has 0 atom stereocenters. The van der Waals surface area contributed by atoms with E-state index in [1.165, 1.54) is 141 Å². The summed E-state index contributed by atoms with van der Waals surface area (Å²) in [4.78, 5) is 20.3. The minimum Gasteiger partial charge on any atom is -0.478 e. The lowest BCUT2D eigenvalue weighted by Gasteiger charge is -2.10. The van der Waals surface area contributed by atoms with Gasteiger partial charge in [0.2, 0.25) is 11.7 Å². The summed E-state index contributed by atoms with van der Waals surface area (Å²) in [5.41, 5.74) is 0.564. The topological polar surface area (TPSA) is 110 Å². The lowest BCUT2D eigenvalue weighted by atomic mass is 10.0. The highest BCUT2D eigenvalue weighted by molar-refractivity contribution is 7.92. The summed E-state index contributed by atoms with van der Waals surface area (Å²) in [5.74, 6) is 0.0386. The zero-order valence-electron chi connectivity index (χ0n) is 26.0. The highest BCUT2D eigenvalue weighted by Gasteiger charge is 2.18. The number of sulfonamides is 1. The van der Waals surface area contributed by atoms with E-state index >= 15 is 0 Å². The summed E-state index contributed by atoms with van der Waals surface area (Å²) in [6.45, 7) is 2.28. The average Bonchev–Trinajstić information content (AvgIpc) is 2.98. The lowest BCUT2D eigenvalue weighted by Crippen LogP contribution is -2.15. The van der Waals surface area contributed by atoms with Gasteiger partial charge < -0.3 is 10.1 Å². The molecule has 2 N–H and O–H groups in total. The predicted octanol–water partition coefficient (Wildman–Crippen LogP) is 9.05. The number of hydrogen-bond donors (Lipinski definition) is 2. The molecule has 0 unspecified atom stereocenters. The summed E-state index contributed by atoms with van der Waals surface area (Å²) in [6, 6.07) is 6.05. The molecule has 236 valence electrons. The van der Waals surface area contributed by atoms with Crippen molar-refractivity contribution in [3.8, 4) is 5.88 Å². The van der Waals surface area contributed by atoms with Crippen molar-refractivity contribution in [1.29, 1.82) is 0 Å². The summed E-state index contributed by atoms with van der Waals surface area (Å²) in [7, 11) is -2.49. The van der Waals surface area contributed by atoms with Crippen LogP contribution < -0.4 is 14.8 Å². The molecule has 1 aromatic carbocycles. The second kappa shape index (κ2) is 21.9. The van der Waals surface area contributed by atoms with Crippen LogP contribution in [-0.2, 0) is 14.8 Å². The number of hydrogen-bond acceptors (Lipinski definition) is 6. The van der Waals surface area contributed by atoms with E-state index < -0.39 is 10.0 Å². The van der Waals surface area contributed by atoms with Gasteiger partial charge in [-0.2, -0.15) is 0 Å². The largest absolute Gasteiger partial charge is 0.478 e. The number of anilines is 2. The Kier molecular flexibility index (Phi) is 18.6. The zero-order chi connectivity index (χ0) is 30.3. The number of methoxy groups -OCH3 is 1. The first-order valence-electron chi connectivity index (χ1n) is 16.2. The van der Waals surface area contributed by atoms with Crippen molar-refractivity contribution in [2.75, 3.05) is 17.1 Å². The van der Waals surface area contributed by atoms with Crippen LogP contribution in [0.3, 0.4) is 0 Å². The van der Waals surface area contributed by atoms with Crippen LogP contribution in [0.2, 0.25) is 0 Å². The highest BCUT2D eigenvalue weighted by Crippen LogP contribution is 2.22. The first-order valence-corrected chi connectivity index (χ1v) is 17.7. The van der Waals surface area contributed by atoms with Gasteiger partial charge in [0.05, 0.1) is 12.0 Å². The molecule has 0 aliphatic rings. The molecule has 0 bridgehead atoms. The van der Waals surface area contributed by atoms with E-state index in [4.69, 9.17) is 4.74 Å². The number of amides is 1. The van der Waals surface area contributed by atoms with Crippen LogP contribution in [0.4, 0.5) is 11.5 Å². The lowest BCUT2D eigenvalue weighted by molar-refractivity contribution is -0.116. The fraction of sp³-hybridized carbons (Fsp3) is 0.667. The Labute approximate surface area is 254 Å². The summed E-state index contributed by atoms with van der Waals surface area (Å²) in [5, 5.41) is 2.85. The van der Waals surface area contributed by atoms with Crippen molar-refractivity contribution in [3.63, 3.8) is 0 Å². The van der Waals surface area contributed by atoms with E-state index in [2.05, 4.69) is 26.9 Å². The maximum absolute atomic E-state index is 12.7. The number of nitrogens with one attached hydrogen (secondary N) is 2. The van der Waals surface area contributed by atoms with E-state index in [1.54, 1.807) is 12.1 Å². The molecule has 1 amide bonds. The average molecular weight is 603 g/mol. The van der Waals surface area contributed by atoms with Crippen LogP contribution in [0.1, 0.15) is 135 Å². The first-order chi connectivity index (χ1) is 20.5. The minimum absolute atomic E-state index is 0.0111. The molecule has 0 aliphatic carbocycles. The van der Waals surface area contributed by atoms with Crippen molar-refractivity contribution in [1.82, 2.24) is 9.97 Å². The van der Waals surface area contributed by atoms with Crippen LogP contribution >= 0.6 is 0 Å². The molecular formula is C33H54N4O4S. The van der Waals surface area contributed by atoms with Crippen LogP contribution in [0.15, 0.2) is 41.6 Å². The van der Waals surface area contributed by atoms with Gasteiger partial charge in [0.25, 0.3) is 15.9 Å². The molecule has 0 saturated carbocycles. The monoisotopic (exact) mass is 602 g/mol. The Balaban J connectivity index is 1.45. The molecule has 9 heteroatoms. The minimum atomic E-state index is -3.88. The number of aromatic nitrogens is 2. The normalized spacial score (nSPS) is 11.4. The Morgan fingerprint density at radius 3 is 1.62 bits per heavy atom. The van der Waals surface area contributed by atoms with E-state index in [-0.39, 0.29) is 22.5 Å². The number of rotatable bonds is 25. The van der Waals surface area contributed by atoms with E-state index in [1.807, 2.05) is 0 Å². The number of nitrogens with zero attached hydrogens (tertiary/aromatic N) is 2. The van der Waals surface area contributed by atoms with Gasteiger partial charge in [-0.3, -0.25) is 9.52 Å². The van der Waals surface area contributed by atoms with Crippen molar-refractivity contribution < 1.29 is 17.9 Å². The SMILES string of the molecule is CCCCCCCCCCCCCCCCCCCCCC(=O)Nc1ccc(S(=O)(=O)Nc2nccnc2OC)cc1. The molecule has 2 aromatic rings. The predicted molar refractivity (Wildman–Crippen MR) is 172 cm³/mol. The van der Waals surface area contributed by atoms with E-state index in [9.17, 15) is 13.2 Å². The second-order valence-electron chi connectivity index (χ2n) is 11.2. The molecule has 0 radical (unpaired) electrons. The maximum atomic E-state index is 12.7. The fourth-order valence-electron chi connectivity index (χ4n) is 5.04. The number of unbranched alkanes of at least 4 members (excludes halogenated alkanes) is 18. The summed E-state index contributed by atoms with van der Waals surface area (Å²) < 4.78 is 32.8. The van der Waals surface area contributed by atoms with E-state index in [0.29, 0.717) is 12.1 Å². The standard InChI is InChI=1S/C33H54N4O4S/c1-3-4-5-6-7-8-9-10-11-12-13-14-15-16-17-18-19-20-21-22-31(38)36-29-23-25-30(26-24-29)42(39,40)37-32-33(41-2)35-28-27-34-32/h23-28H,3-22H2,1-2H3,(H,34,37)(H,36,38). The van der Waals surface area contributed by atoms with Crippen molar-refractivity contribution in [2.45, 2.75) is 140 Å². The molecule has 2 rings (SSSR count).